The van der Waals surface area contributed by atoms with E-state index in [0.29, 0.717) is 35.8 Å². The summed E-state index contributed by atoms with van der Waals surface area (Å²) < 4.78 is 16.8. The highest BCUT2D eigenvalue weighted by Crippen LogP contribution is 2.39. The van der Waals surface area contributed by atoms with Crippen LogP contribution in [0.3, 0.4) is 0 Å². The van der Waals surface area contributed by atoms with Gasteiger partial charge in [0.2, 0.25) is 0 Å². The lowest BCUT2D eigenvalue weighted by Gasteiger charge is -2.25. The Bertz CT molecular complexity index is 1300. The van der Waals surface area contributed by atoms with Gasteiger partial charge in [-0.25, -0.2) is 0 Å². The molecule has 0 bridgehead atoms. The molecule has 7 heteroatoms. The van der Waals surface area contributed by atoms with Crippen molar-refractivity contribution >= 4 is 17.4 Å². The van der Waals surface area contributed by atoms with Gasteiger partial charge in [-0.15, -0.1) is 0 Å². The van der Waals surface area contributed by atoms with Gasteiger partial charge in [-0.2, -0.15) is 0 Å². The average Bonchev–Trinajstić information content (AvgIpc) is 3.21. The Morgan fingerprint density at radius 3 is 2.15 bits per heavy atom. The molecule has 1 fully saturated rings. The number of Topliss-reactive ketones (excluding diaryl/α,β-unsaturated/α-hetero) is 1. The molecule has 1 saturated heterocycles. The first-order valence-electron chi connectivity index (χ1n) is 13.2. The SMILES string of the molecule is CCCCOc1ccc([C@H]2C(=C(O)c3ccc(OCc4ccc(C)cc4)cc3)C(=O)C(=O)N2CCOC)cc1. The number of likely N-dealkylation sites (tertiary alicyclic amines) is 1. The van der Waals surface area contributed by atoms with Crippen LogP contribution >= 0.6 is 0 Å². The number of amides is 1. The van der Waals surface area contributed by atoms with E-state index in [0.717, 1.165) is 18.4 Å². The number of aliphatic hydroxyl groups is 1. The van der Waals surface area contributed by atoms with Crippen molar-refractivity contribution in [3.05, 3.63) is 101 Å². The third kappa shape index (κ3) is 6.67. The fourth-order valence-electron chi connectivity index (χ4n) is 4.44. The highest BCUT2D eigenvalue weighted by atomic mass is 16.5. The number of ether oxygens (including phenoxy) is 3. The molecule has 0 radical (unpaired) electrons. The van der Waals surface area contributed by atoms with Crippen LogP contribution in [0.25, 0.3) is 5.76 Å². The molecule has 7 nitrogen and oxygen atoms in total. The van der Waals surface area contributed by atoms with Crippen LogP contribution in [0.1, 0.15) is 48.1 Å². The Kier molecular flexibility index (Phi) is 9.39. The van der Waals surface area contributed by atoms with E-state index in [1.807, 2.05) is 55.5 Å². The van der Waals surface area contributed by atoms with E-state index in [-0.39, 0.29) is 24.5 Å². The monoisotopic (exact) mass is 529 g/mol. The molecule has 1 amide bonds. The molecule has 1 heterocycles. The van der Waals surface area contributed by atoms with Crippen LogP contribution in [0.15, 0.2) is 78.4 Å². The molecule has 1 N–H and O–H groups in total. The largest absolute Gasteiger partial charge is 0.507 e. The lowest BCUT2D eigenvalue weighted by atomic mass is 9.95. The molecule has 204 valence electrons. The smallest absolute Gasteiger partial charge is 0.295 e. The Morgan fingerprint density at radius 2 is 1.51 bits per heavy atom. The predicted molar refractivity (Wildman–Crippen MR) is 150 cm³/mol. The molecule has 0 spiro atoms. The molecule has 1 aliphatic heterocycles. The van der Waals surface area contributed by atoms with Crippen molar-refractivity contribution in [2.45, 2.75) is 39.3 Å². The summed E-state index contributed by atoms with van der Waals surface area (Å²) in [6, 6.07) is 21.5. The van der Waals surface area contributed by atoms with Gasteiger partial charge in [-0.05, 0) is 60.9 Å². The van der Waals surface area contributed by atoms with Gasteiger partial charge in [0.15, 0.2) is 0 Å². The fraction of sp³-hybridized carbons (Fsp3) is 0.312. The lowest BCUT2D eigenvalue weighted by molar-refractivity contribution is -0.140. The Labute approximate surface area is 229 Å². The zero-order valence-electron chi connectivity index (χ0n) is 22.7. The number of hydrogen-bond donors (Lipinski definition) is 1. The van der Waals surface area contributed by atoms with Crippen LogP contribution in [-0.2, 0) is 20.9 Å². The van der Waals surface area contributed by atoms with Gasteiger partial charge in [0, 0.05) is 19.2 Å². The van der Waals surface area contributed by atoms with Crippen LogP contribution in [0.5, 0.6) is 11.5 Å². The summed E-state index contributed by atoms with van der Waals surface area (Å²) in [7, 11) is 1.54. The van der Waals surface area contributed by atoms with E-state index in [4.69, 9.17) is 14.2 Å². The second-order valence-corrected chi connectivity index (χ2v) is 9.55. The molecule has 0 saturated carbocycles. The summed E-state index contributed by atoms with van der Waals surface area (Å²) in [6.07, 6.45) is 1.99. The zero-order valence-corrected chi connectivity index (χ0v) is 22.7. The van der Waals surface area contributed by atoms with E-state index < -0.39 is 17.7 Å². The number of nitrogens with zero attached hydrogens (tertiary/aromatic N) is 1. The van der Waals surface area contributed by atoms with Crippen molar-refractivity contribution in [3.8, 4) is 11.5 Å². The second kappa shape index (κ2) is 13.1. The van der Waals surface area contributed by atoms with Gasteiger partial charge < -0.3 is 24.2 Å². The molecular formula is C32H35NO6. The third-order valence-electron chi connectivity index (χ3n) is 6.69. The predicted octanol–water partition coefficient (Wildman–Crippen LogP) is 5.82. The number of rotatable bonds is 12. The fourth-order valence-corrected chi connectivity index (χ4v) is 4.44. The molecule has 3 aromatic rings. The number of carbonyl (C=O) groups excluding carboxylic acids is 2. The van der Waals surface area contributed by atoms with E-state index in [2.05, 4.69) is 6.92 Å². The van der Waals surface area contributed by atoms with E-state index in [1.54, 1.807) is 24.3 Å². The van der Waals surface area contributed by atoms with Gasteiger partial charge in [0.25, 0.3) is 11.7 Å². The quantitative estimate of drug-likeness (QED) is 0.138. The number of methoxy groups -OCH3 is 1. The Hall–Kier alpha value is -4.10. The molecule has 4 rings (SSSR count). The summed E-state index contributed by atoms with van der Waals surface area (Å²) in [5.74, 6) is -0.284. The van der Waals surface area contributed by atoms with Crippen molar-refractivity contribution in [1.29, 1.82) is 0 Å². The molecule has 1 aliphatic rings. The van der Waals surface area contributed by atoms with Crippen LogP contribution in [0.2, 0.25) is 0 Å². The highest BCUT2D eigenvalue weighted by molar-refractivity contribution is 6.46. The van der Waals surface area contributed by atoms with Crippen LogP contribution in [0, 0.1) is 6.92 Å². The summed E-state index contributed by atoms with van der Waals surface area (Å²) in [4.78, 5) is 27.6. The summed E-state index contributed by atoms with van der Waals surface area (Å²) in [5.41, 5.74) is 3.40. The van der Waals surface area contributed by atoms with E-state index in [1.165, 1.54) is 17.6 Å². The molecule has 1 atom stereocenters. The minimum absolute atomic E-state index is 0.0454. The normalized spacial score (nSPS) is 16.5. The van der Waals surface area contributed by atoms with E-state index >= 15 is 0 Å². The second-order valence-electron chi connectivity index (χ2n) is 9.55. The summed E-state index contributed by atoms with van der Waals surface area (Å²) in [5, 5.41) is 11.3. The van der Waals surface area contributed by atoms with Gasteiger partial charge in [0.05, 0.1) is 24.8 Å². The first-order valence-corrected chi connectivity index (χ1v) is 13.2. The lowest BCUT2D eigenvalue weighted by Crippen LogP contribution is -2.32. The molecule has 0 unspecified atom stereocenters. The van der Waals surface area contributed by atoms with Crippen LogP contribution in [-0.4, -0.2) is 48.6 Å². The van der Waals surface area contributed by atoms with Gasteiger partial charge in [-0.1, -0.05) is 55.3 Å². The Morgan fingerprint density at radius 1 is 0.872 bits per heavy atom. The minimum Gasteiger partial charge on any atom is -0.507 e. The molecule has 0 aromatic heterocycles. The van der Waals surface area contributed by atoms with Crippen molar-refractivity contribution < 1.29 is 28.9 Å². The highest BCUT2D eigenvalue weighted by Gasteiger charge is 2.45. The molecular weight excluding hydrogens is 494 g/mol. The topological polar surface area (TPSA) is 85.3 Å². The number of benzene rings is 3. The van der Waals surface area contributed by atoms with Gasteiger partial charge in [0.1, 0.15) is 23.9 Å². The standard InChI is InChI=1S/C32H35NO6/c1-4-5-19-38-26-14-10-24(11-15-26)29-28(31(35)32(36)33(29)18-20-37-3)30(34)25-12-16-27(17-13-25)39-21-23-8-6-22(2)7-9-23/h6-17,29,34H,4-5,18-21H2,1-3H3/t29-/m0/s1. The maximum Gasteiger partial charge on any atom is 0.295 e. The van der Waals surface area contributed by atoms with E-state index in [9.17, 15) is 14.7 Å². The third-order valence-corrected chi connectivity index (χ3v) is 6.69. The number of carbonyl (C=O) groups is 2. The summed E-state index contributed by atoms with van der Waals surface area (Å²) in [6.45, 7) is 5.63. The number of ketones is 1. The number of aliphatic hydroxyl groups excluding tert-OH is 1. The minimum atomic E-state index is -0.748. The molecule has 0 aliphatic carbocycles. The molecule has 3 aromatic carbocycles. The first kappa shape index (κ1) is 27.9. The average molecular weight is 530 g/mol. The number of unbranched alkanes of at least 4 members (excludes halogenated alkanes) is 1. The molecule has 39 heavy (non-hydrogen) atoms. The van der Waals surface area contributed by atoms with Crippen LogP contribution in [0.4, 0.5) is 0 Å². The first-order chi connectivity index (χ1) is 18.9. The zero-order chi connectivity index (χ0) is 27.8. The van der Waals surface area contributed by atoms with Crippen molar-refractivity contribution in [2.24, 2.45) is 0 Å². The maximum absolute atomic E-state index is 13.2. The van der Waals surface area contributed by atoms with Crippen molar-refractivity contribution in [2.75, 3.05) is 26.9 Å². The summed E-state index contributed by atoms with van der Waals surface area (Å²) >= 11 is 0. The van der Waals surface area contributed by atoms with Gasteiger partial charge in [-0.3, -0.25) is 9.59 Å². The Balaban J connectivity index is 1.60. The maximum atomic E-state index is 13.2. The number of hydrogen-bond acceptors (Lipinski definition) is 6. The van der Waals surface area contributed by atoms with Crippen molar-refractivity contribution in [1.82, 2.24) is 4.90 Å². The van der Waals surface area contributed by atoms with Gasteiger partial charge >= 0.3 is 0 Å². The van der Waals surface area contributed by atoms with Crippen LogP contribution < -0.4 is 9.47 Å². The number of aryl methyl sites for hydroxylation is 1. The van der Waals surface area contributed by atoms with Crippen molar-refractivity contribution in [3.63, 3.8) is 0 Å².